The highest BCUT2D eigenvalue weighted by molar-refractivity contribution is 7.89. The van der Waals surface area contributed by atoms with Gasteiger partial charge in [0.2, 0.25) is 10.0 Å². The molecule has 0 radical (unpaired) electrons. The number of piperazine rings is 1. The molecule has 0 aliphatic carbocycles. The van der Waals surface area contributed by atoms with Crippen LogP contribution in [-0.4, -0.2) is 61.4 Å². The second kappa shape index (κ2) is 7.56. The Kier molecular flexibility index (Phi) is 5.40. The Morgan fingerprint density at radius 3 is 2.58 bits per heavy atom. The van der Waals surface area contributed by atoms with E-state index in [9.17, 15) is 13.2 Å². The van der Waals surface area contributed by atoms with Crippen LogP contribution in [0.1, 0.15) is 23.2 Å². The lowest BCUT2D eigenvalue weighted by Gasteiger charge is -2.33. The van der Waals surface area contributed by atoms with Crippen LogP contribution in [0.3, 0.4) is 0 Å². The highest BCUT2D eigenvalue weighted by Gasteiger charge is 2.28. The summed E-state index contributed by atoms with van der Waals surface area (Å²) in [6.07, 6.45) is 0. The zero-order chi connectivity index (χ0) is 18.7. The predicted molar refractivity (Wildman–Crippen MR) is 96.5 cm³/mol. The summed E-state index contributed by atoms with van der Waals surface area (Å²) in [6, 6.07) is 7.77. The lowest BCUT2D eigenvalue weighted by atomic mass is 10.3. The van der Waals surface area contributed by atoms with Crippen molar-refractivity contribution in [1.29, 1.82) is 0 Å². The molecule has 0 atom stereocenters. The lowest BCUT2D eigenvalue weighted by Crippen LogP contribution is -2.48. The number of carbonyl (C=O) groups is 1. The van der Waals surface area contributed by atoms with Crippen LogP contribution in [0.15, 0.2) is 39.8 Å². The minimum atomic E-state index is -3.59. The molecule has 0 spiro atoms. The van der Waals surface area contributed by atoms with Gasteiger partial charge in [0.25, 0.3) is 5.91 Å². The number of aromatic nitrogens is 1. The van der Waals surface area contributed by atoms with Gasteiger partial charge in [-0.1, -0.05) is 18.1 Å². The van der Waals surface area contributed by atoms with E-state index in [0.29, 0.717) is 24.5 Å². The standard InChI is InChI=1S/C17H22N4O4S/c1-3-20-7-9-21(10-8-20)26(23,24)15-6-4-5-14(12-15)18-17(22)16-11-13(2)25-19-16/h4-6,11-12H,3,7-10H2,1-2H3,(H,18,22). The average molecular weight is 378 g/mol. The van der Waals surface area contributed by atoms with E-state index in [0.717, 1.165) is 19.6 Å². The number of amides is 1. The Hall–Kier alpha value is -2.23. The van der Waals surface area contributed by atoms with Crippen molar-refractivity contribution in [2.45, 2.75) is 18.7 Å². The van der Waals surface area contributed by atoms with Gasteiger partial charge in [-0.2, -0.15) is 4.31 Å². The van der Waals surface area contributed by atoms with Crippen LogP contribution in [0.5, 0.6) is 0 Å². The second-order valence-electron chi connectivity index (χ2n) is 6.14. The second-order valence-corrected chi connectivity index (χ2v) is 8.08. The molecule has 0 saturated carbocycles. The van der Waals surface area contributed by atoms with Crippen molar-refractivity contribution in [2.24, 2.45) is 0 Å². The van der Waals surface area contributed by atoms with Crippen LogP contribution < -0.4 is 5.32 Å². The molecular weight excluding hydrogens is 356 g/mol. The smallest absolute Gasteiger partial charge is 0.277 e. The van der Waals surface area contributed by atoms with Gasteiger partial charge in [0, 0.05) is 37.9 Å². The lowest BCUT2D eigenvalue weighted by molar-refractivity contribution is 0.101. The van der Waals surface area contributed by atoms with E-state index in [1.54, 1.807) is 19.1 Å². The summed E-state index contributed by atoms with van der Waals surface area (Å²) in [6.45, 7) is 7.03. The van der Waals surface area contributed by atoms with E-state index in [1.165, 1.54) is 22.5 Å². The summed E-state index contributed by atoms with van der Waals surface area (Å²) in [5, 5.41) is 6.30. The highest BCUT2D eigenvalue weighted by Crippen LogP contribution is 2.21. The van der Waals surface area contributed by atoms with Gasteiger partial charge in [-0.3, -0.25) is 4.79 Å². The van der Waals surface area contributed by atoms with Crippen molar-refractivity contribution in [3.05, 3.63) is 41.8 Å². The van der Waals surface area contributed by atoms with Gasteiger partial charge in [-0.25, -0.2) is 8.42 Å². The van der Waals surface area contributed by atoms with Crippen molar-refractivity contribution in [2.75, 3.05) is 38.0 Å². The van der Waals surface area contributed by atoms with Crippen LogP contribution in [0, 0.1) is 6.92 Å². The molecule has 1 aromatic heterocycles. The third-order valence-corrected chi connectivity index (χ3v) is 6.26. The van der Waals surface area contributed by atoms with E-state index in [2.05, 4.69) is 22.3 Å². The van der Waals surface area contributed by atoms with Gasteiger partial charge >= 0.3 is 0 Å². The van der Waals surface area contributed by atoms with Gasteiger partial charge in [0.1, 0.15) is 5.76 Å². The predicted octanol–water partition coefficient (Wildman–Crippen LogP) is 1.56. The fourth-order valence-electron chi connectivity index (χ4n) is 2.84. The maximum Gasteiger partial charge on any atom is 0.277 e. The third-order valence-electron chi connectivity index (χ3n) is 4.37. The van der Waals surface area contributed by atoms with Crippen molar-refractivity contribution < 1.29 is 17.7 Å². The Bertz CT molecular complexity index is 886. The van der Waals surface area contributed by atoms with E-state index in [1.807, 2.05) is 0 Å². The van der Waals surface area contributed by atoms with Gasteiger partial charge in [-0.15, -0.1) is 0 Å². The number of aryl methyl sites for hydroxylation is 1. The minimum Gasteiger partial charge on any atom is -0.361 e. The molecule has 1 aliphatic rings. The first kappa shape index (κ1) is 18.6. The molecule has 2 aromatic rings. The number of nitrogens with one attached hydrogen (secondary N) is 1. The van der Waals surface area contributed by atoms with Crippen molar-refractivity contribution >= 4 is 21.6 Å². The fraction of sp³-hybridized carbons (Fsp3) is 0.412. The number of rotatable bonds is 5. The minimum absolute atomic E-state index is 0.145. The highest BCUT2D eigenvalue weighted by atomic mass is 32.2. The Labute approximate surface area is 152 Å². The summed E-state index contributed by atoms with van der Waals surface area (Å²) >= 11 is 0. The summed E-state index contributed by atoms with van der Waals surface area (Å²) in [5.74, 6) is 0.0747. The van der Waals surface area contributed by atoms with Crippen LogP contribution in [0.25, 0.3) is 0 Å². The first-order valence-electron chi connectivity index (χ1n) is 8.47. The van der Waals surface area contributed by atoms with Crippen LogP contribution in [0.4, 0.5) is 5.69 Å². The fourth-order valence-corrected chi connectivity index (χ4v) is 4.31. The summed E-state index contributed by atoms with van der Waals surface area (Å²) in [7, 11) is -3.59. The van der Waals surface area contributed by atoms with Crippen molar-refractivity contribution in [1.82, 2.24) is 14.4 Å². The van der Waals surface area contributed by atoms with Gasteiger partial charge in [0.15, 0.2) is 5.69 Å². The molecule has 140 valence electrons. The van der Waals surface area contributed by atoms with E-state index in [-0.39, 0.29) is 10.6 Å². The number of sulfonamides is 1. The van der Waals surface area contributed by atoms with Crippen LogP contribution in [-0.2, 0) is 10.0 Å². The molecular formula is C17H22N4O4S. The molecule has 1 aromatic carbocycles. The number of hydrogen-bond donors (Lipinski definition) is 1. The molecule has 8 nitrogen and oxygen atoms in total. The largest absolute Gasteiger partial charge is 0.361 e. The quantitative estimate of drug-likeness (QED) is 0.848. The zero-order valence-corrected chi connectivity index (χ0v) is 15.6. The number of nitrogens with zero attached hydrogens (tertiary/aromatic N) is 3. The molecule has 1 amide bonds. The molecule has 1 aliphatic heterocycles. The van der Waals surface area contributed by atoms with Gasteiger partial charge in [0.05, 0.1) is 4.90 Å². The molecule has 26 heavy (non-hydrogen) atoms. The third kappa shape index (κ3) is 3.95. The first-order chi connectivity index (χ1) is 12.4. The molecule has 0 bridgehead atoms. The number of benzene rings is 1. The number of hydrogen-bond acceptors (Lipinski definition) is 6. The van der Waals surface area contributed by atoms with Gasteiger partial charge in [-0.05, 0) is 31.7 Å². The maximum absolute atomic E-state index is 12.9. The topological polar surface area (TPSA) is 95.8 Å². The molecule has 3 rings (SSSR count). The number of anilines is 1. The SMILES string of the molecule is CCN1CCN(S(=O)(=O)c2cccc(NC(=O)c3cc(C)on3)c2)CC1. The number of likely N-dealkylation sites (N-methyl/N-ethyl adjacent to an activating group) is 1. The first-order valence-corrected chi connectivity index (χ1v) is 9.91. The Morgan fingerprint density at radius 1 is 1.23 bits per heavy atom. The monoisotopic (exact) mass is 378 g/mol. The Morgan fingerprint density at radius 2 is 1.96 bits per heavy atom. The van der Waals surface area contributed by atoms with Crippen molar-refractivity contribution in [3.8, 4) is 0 Å². The van der Waals surface area contributed by atoms with E-state index in [4.69, 9.17) is 4.52 Å². The molecule has 1 saturated heterocycles. The van der Waals surface area contributed by atoms with Crippen LogP contribution >= 0.6 is 0 Å². The summed E-state index contributed by atoms with van der Waals surface area (Å²) in [5.41, 5.74) is 0.537. The van der Waals surface area contributed by atoms with Gasteiger partial charge < -0.3 is 14.7 Å². The zero-order valence-electron chi connectivity index (χ0n) is 14.8. The Balaban J connectivity index is 1.75. The number of carbonyl (C=O) groups excluding carboxylic acids is 1. The van der Waals surface area contributed by atoms with Crippen molar-refractivity contribution in [3.63, 3.8) is 0 Å². The van der Waals surface area contributed by atoms with E-state index >= 15 is 0 Å². The molecule has 9 heteroatoms. The molecule has 0 unspecified atom stereocenters. The summed E-state index contributed by atoms with van der Waals surface area (Å²) in [4.78, 5) is 14.5. The molecule has 2 heterocycles. The van der Waals surface area contributed by atoms with E-state index < -0.39 is 15.9 Å². The summed E-state index contributed by atoms with van der Waals surface area (Å²) < 4.78 is 32.1. The normalized spacial score (nSPS) is 16.5. The molecule has 1 fully saturated rings. The maximum atomic E-state index is 12.9. The molecule has 1 N–H and O–H groups in total. The van der Waals surface area contributed by atoms with Crippen LogP contribution in [0.2, 0.25) is 0 Å². The average Bonchev–Trinajstić information content (AvgIpc) is 3.08.